The average molecular weight is 316 g/mol. The molecular formula is C17H24N4O2. The van der Waals surface area contributed by atoms with Crippen LogP contribution in [0.15, 0.2) is 6.07 Å². The molecule has 0 saturated heterocycles. The molecule has 6 heteroatoms. The third-order valence-electron chi connectivity index (χ3n) is 4.66. The first kappa shape index (κ1) is 15.9. The van der Waals surface area contributed by atoms with E-state index in [4.69, 9.17) is 0 Å². The van der Waals surface area contributed by atoms with Crippen LogP contribution in [-0.2, 0) is 0 Å². The SMILES string of the molecule is Cc1cc(C)n2nc(C)c(C(=O)NCC3(O)CCCCC3)c2n1. The van der Waals surface area contributed by atoms with Crippen LogP contribution < -0.4 is 5.32 Å². The number of nitrogens with one attached hydrogen (secondary N) is 1. The zero-order valence-electron chi connectivity index (χ0n) is 14.0. The quantitative estimate of drug-likeness (QED) is 0.908. The zero-order valence-corrected chi connectivity index (χ0v) is 14.0. The lowest BCUT2D eigenvalue weighted by Gasteiger charge is -2.32. The maximum Gasteiger partial charge on any atom is 0.257 e. The number of fused-ring (bicyclic) bond motifs is 1. The van der Waals surface area contributed by atoms with E-state index in [2.05, 4.69) is 15.4 Å². The molecule has 3 rings (SSSR count). The summed E-state index contributed by atoms with van der Waals surface area (Å²) in [4.78, 5) is 17.1. The molecule has 124 valence electrons. The lowest BCUT2D eigenvalue weighted by atomic mass is 9.85. The number of rotatable bonds is 3. The van der Waals surface area contributed by atoms with Crippen molar-refractivity contribution >= 4 is 11.6 Å². The number of nitrogens with zero attached hydrogens (tertiary/aromatic N) is 3. The highest BCUT2D eigenvalue weighted by molar-refractivity contribution is 6.01. The first-order chi connectivity index (χ1) is 10.9. The smallest absolute Gasteiger partial charge is 0.257 e. The van der Waals surface area contributed by atoms with Crippen LogP contribution in [-0.4, -0.2) is 37.8 Å². The van der Waals surface area contributed by atoms with Gasteiger partial charge in [0.1, 0.15) is 5.56 Å². The number of aliphatic hydroxyl groups is 1. The van der Waals surface area contributed by atoms with Crippen molar-refractivity contribution in [3.63, 3.8) is 0 Å². The van der Waals surface area contributed by atoms with Crippen LogP contribution in [0.2, 0.25) is 0 Å². The van der Waals surface area contributed by atoms with Gasteiger partial charge in [-0.1, -0.05) is 19.3 Å². The summed E-state index contributed by atoms with van der Waals surface area (Å²) in [5, 5.41) is 17.8. The average Bonchev–Trinajstić information content (AvgIpc) is 2.82. The Morgan fingerprint density at radius 1 is 1.30 bits per heavy atom. The van der Waals surface area contributed by atoms with E-state index in [0.717, 1.165) is 43.5 Å². The normalized spacial score (nSPS) is 17.4. The Labute approximate surface area is 135 Å². The maximum absolute atomic E-state index is 12.6. The Morgan fingerprint density at radius 3 is 2.70 bits per heavy atom. The molecule has 1 saturated carbocycles. The second-order valence-electron chi connectivity index (χ2n) is 6.70. The van der Waals surface area contributed by atoms with E-state index < -0.39 is 5.60 Å². The number of carbonyl (C=O) groups is 1. The largest absolute Gasteiger partial charge is 0.388 e. The highest BCUT2D eigenvalue weighted by atomic mass is 16.3. The van der Waals surface area contributed by atoms with E-state index >= 15 is 0 Å². The Balaban J connectivity index is 1.85. The van der Waals surface area contributed by atoms with Crippen LogP contribution in [0, 0.1) is 20.8 Å². The number of aryl methyl sites for hydroxylation is 3. The molecule has 1 fully saturated rings. The second-order valence-corrected chi connectivity index (χ2v) is 6.70. The lowest BCUT2D eigenvalue weighted by Crippen LogP contribution is -2.44. The standard InChI is InChI=1S/C17H24N4O2/c1-11-9-12(2)21-15(19-11)14(13(3)20-21)16(22)18-10-17(23)7-5-4-6-8-17/h9,23H,4-8,10H2,1-3H3,(H,18,22). The summed E-state index contributed by atoms with van der Waals surface area (Å²) >= 11 is 0. The van der Waals surface area contributed by atoms with Gasteiger partial charge in [-0.2, -0.15) is 5.10 Å². The first-order valence-electron chi connectivity index (χ1n) is 8.24. The molecule has 0 unspecified atom stereocenters. The molecule has 6 nitrogen and oxygen atoms in total. The summed E-state index contributed by atoms with van der Waals surface area (Å²) in [6.07, 6.45) is 4.69. The molecule has 2 aromatic heterocycles. The van der Waals surface area contributed by atoms with Crippen molar-refractivity contribution < 1.29 is 9.90 Å². The molecule has 0 spiro atoms. The number of amides is 1. The van der Waals surface area contributed by atoms with Crippen molar-refractivity contribution in [3.05, 3.63) is 28.7 Å². The Hall–Kier alpha value is -1.95. The molecular weight excluding hydrogens is 292 g/mol. The van der Waals surface area contributed by atoms with E-state index in [1.807, 2.05) is 26.8 Å². The molecule has 1 aliphatic rings. The number of hydrogen-bond donors (Lipinski definition) is 2. The summed E-state index contributed by atoms with van der Waals surface area (Å²) in [6.45, 7) is 5.95. The van der Waals surface area contributed by atoms with E-state index in [-0.39, 0.29) is 12.5 Å². The highest BCUT2D eigenvalue weighted by Gasteiger charge is 2.30. The van der Waals surface area contributed by atoms with Gasteiger partial charge < -0.3 is 10.4 Å². The predicted octanol–water partition coefficient (Wildman–Crippen LogP) is 2.08. The van der Waals surface area contributed by atoms with Crippen LogP contribution in [0.25, 0.3) is 5.65 Å². The van der Waals surface area contributed by atoms with Gasteiger partial charge in [-0.25, -0.2) is 9.50 Å². The molecule has 2 heterocycles. The van der Waals surface area contributed by atoms with Gasteiger partial charge in [0, 0.05) is 17.9 Å². The molecule has 0 aliphatic heterocycles. The number of aromatic nitrogens is 3. The van der Waals surface area contributed by atoms with Gasteiger partial charge in [-0.3, -0.25) is 4.79 Å². The molecule has 0 atom stereocenters. The predicted molar refractivity (Wildman–Crippen MR) is 87.6 cm³/mol. The summed E-state index contributed by atoms with van der Waals surface area (Å²) in [5.74, 6) is -0.214. The zero-order chi connectivity index (χ0) is 16.6. The third-order valence-corrected chi connectivity index (χ3v) is 4.66. The molecule has 2 aromatic rings. The monoisotopic (exact) mass is 316 g/mol. The Bertz CT molecular complexity index is 745. The molecule has 1 amide bonds. The summed E-state index contributed by atoms with van der Waals surface area (Å²) in [6, 6.07) is 1.94. The van der Waals surface area contributed by atoms with E-state index in [0.29, 0.717) is 16.9 Å². The van der Waals surface area contributed by atoms with Crippen molar-refractivity contribution in [2.45, 2.75) is 58.5 Å². The van der Waals surface area contributed by atoms with Gasteiger partial charge in [0.15, 0.2) is 5.65 Å². The van der Waals surface area contributed by atoms with Gasteiger partial charge in [0.05, 0.1) is 11.3 Å². The van der Waals surface area contributed by atoms with E-state index in [1.165, 1.54) is 0 Å². The van der Waals surface area contributed by atoms with Crippen molar-refractivity contribution in [2.75, 3.05) is 6.54 Å². The van der Waals surface area contributed by atoms with Gasteiger partial charge in [-0.15, -0.1) is 0 Å². The number of hydrogen-bond acceptors (Lipinski definition) is 4. The van der Waals surface area contributed by atoms with Crippen LogP contribution in [0.1, 0.15) is 59.5 Å². The van der Waals surface area contributed by atoms with Crippen LogP contribution in [0.3, 0.4) is 0 Å². The minimum atomic E-state index is -0.774. The molecule has 0 aromatic carbocycles. The van der Waals surface area contributed by atoms with Crippen LogP contribution >= 0.6 is 0 Å². The molecule has 0 bridgehead atoms. The van der Waals surface area contributed by atoms with Crippen molar-refractivity contribution in [1.29, 1.82) is 0 Å². The third kappa shape index (κ3) is 3.08. The summed E-state index contributed by atoms with van der Waals surface area (Å²) in [7, 11) is 0. The molecule has 23 heavy (non-hydrogen) atoms. The van der Waals surface area contributed by atoms with Gasteiger partial charge in [-0.05, 0) is 39.7 Å². The molecule has 2 N–H and O–H groups in total. The van der Waals surface area contributed by atoms with Gasteiger partial charge in [0.25, 0.3) is 5.91 Å². The minimum Gasteiger partial charge on any atom is -0.388 e. The topological polar surface area (TPSA) is 79.5 Å². The van der Waals surface area contributed by atoms with Crippen LogP contribution in [0.4, 0.5) is 0 Å². The maximum atomic E-state index is 12.6. The number of carbonyl (C=O) groups excluding carboxylic acids is 1. The molecule has 1 aliphatic carbocycles. The van der Waals surface area contributed by atoms with Gasteiger partial charge in [0.2, 0.25) is 0 Å². The van der Waals surface area contributed by atoms with Crippen molar-refractivity contribution in [3.8, 4) is 0 Å². The Kier molecular flexibility index (Phi) is 4.10. The highest BCUT2D eigenvalue weighted by Crippen LogP contribution is 2.27. The summed E-state index contributed by atoms with van der Waals surface area (Å²) < 4.78 is 1.70. The molecule has 0 radical (unpaired) electrons. The van der Waals surface area contributed by atoms with E-state index in [9.17, 15) is 9.90 Å². The summed E-state index contributed by atoms with van der Waals surface area (Å²) in [5.41, 5.74) is 2.75. The lowest BCUT2D eigenvalue weighted by molar-refractivity contribution is 0.00526. The fraction of sp³-hybridized carbons (Fsp3) is 0.588. The van der Waals surface area contributed by atoms with Gasteiger partial charge >= 0.3 is 0 Å². The fourth-order valence-corrected chi connectivity index (χ4v) is 3.41. The first-order valence-corrected chi connectivity index (χ1v) is 8.24. The van der Waals surface area contributed by atoms with Crippen molar-refractivity contribution in [2.24, 2.45) is 0 Å². The van der Waals surface area contributed by atoms with Crippen LogP contribution in [0.5, 0.6) is 0 Å². The minimum absolute atomic E-state index is 0.214. The Morgan fingerprint density at radius 2 is 2.00 bits per heavy atom. The van der Waals surface area contributed by atoms with Crippen molar-refractivity contribution in [1.82, 2.24) is 19.9 Å². The second kappa shape index (κ2) is 5.92. The van der Waals surface area contributed by atoms with E-state index in [1.54, 1.807) is 4.52 Å². The fourth-order valence-electron chi connectivity index (χ4n) is 3.41.